The molecule has 0 spiro atoms. The first kappa shape index (κ1) is 24.5. The van der Waals surface area contributed by atoms with Crippen molar-refractivity contribution in [1.29, 1.82) is 0 Å². The highest BCUT2D eigenvalue weighted by Gasteiger charge is 2.15. The van der Waals surface area contributed by atoms with Crippen LogP contribution in [0.3, 0.4) is 0 Å². The molecular formula is C34H30. The van der Waals surface area contributed by atoms with E-state index >= 15 is 0 Å². The molecule has 0 bridgehead atoms. The lowest BCUT2D eigenvalue weighted by Crippen LogP contribution is -2.11. The standard InChI is InChI=1S/C34H30/c1-9-25-23-31(33(3,4)5)21-19-29(25)17-15-27-13-11-12-14-28(27)16-18-30-20-22-32(34(6,7)8)24-26(30)10-2/h1-2,11-14,19-24H,3-8H3. The number of rotatable bonds is 0. The van der Waals surface area contributed by atoms with Crippen molar-refractivity contribution >= 4 is 0 Å². The van der Waals surface area contributed by atoms with E-state index in [1.165, 1.54) is 11.1 Å². The molecule has 3 aromatic carbocycles. The van der Waals surface area contributed by atoms with Crippen LogP contribution in [-0.2, 0) is 10.8 Å². The lowest BCUT2D eigenvalue weighted by Gasteiger charge is -2.19. The molecular weight excluding hydrogens is 408 g/mol. The summed E-state index contributed by atoms with van der Waals surface area (Å²) < 4.78 is 0. The third-order valence-corrected chi connectivity index (χ3v) is 5.67. The average Bonchev–Trinajstić information content (AvgIpc) is 2.80. The summed E-state index contributed by atoms with van der Waals surface area (Å²) in [5.74, 6) is 18.6. The van der Waals surface area contributed by atoms with Gasteiger partial charge in [-0.25, -0.2) is 0 Å². The molecule has 0 saturated heterocycles. The number of hydrogen-bond donors (Lipinski definition) is 0. The highest BCUT2D eigenvalue weighted by Crippen LogP contribution is 2.25. The molecule has 0 aromatic heterocycles. The van der Waals surface area contributed by atoms with Crippen LogP contribution in [0.15, 0.2) is 60.7 Å². The van der Waals surface area contributed by atoms with Gasteiger partial charge < -0.3 is 0 Å². The zero-order valence-corrected chi connectivity index (χ0v) is 20.9. The molecule has 0 saturated carbocycles. The quantitative estimate of drug-likeness (QED) is 0.330. The van der Waals surface area contributed by atoms with Gasteiger partial charge in [0.1, 0.15) is 0 Å². The van der Waals surface area contributed by atoms with Crippen LogP contribution in [0.5, 0.6) is 0 Å². The Kier molecular flexibility index (Phi) is 7.08. The molecule has 0 aliphatic heterocycles. The first-order valence-electron chi connectivity index (χ1n) is 11.4. The smallest absolute Gasteiger partial charge is 0.0405 e. The van der Waals surface area contributed by atoms with Crippen molar-refractivity contribution in [2.24, 2.45) is 0 Å². The second kappa shape index (κ2) is 9.80. The van der Waals surface area contributed by atoms with Crippen molar-refractivity contribution in [3.05, 3.63) is 105 Å². The van der Waals surface area contributed by atoms with Crippen LogP contribution in [-0.4, -0.2) is 0 Å². The summed E-state index contributed by atoms with van der Waals surface area (Å²) >= 11 is 0. The van der Waals surface area contributed by atoms with E-state index in [0.717, 1.165) is 33.4 Å². The summed E-state index contributed by atoms with van der Waals surface area (Å²) in [7, 11) is 0. The summed E-state index contributed by atoms with van der Waals surface area (Å²) in [5.41, 5.74) is 7.44. The van der Waals surface area contributed by atoms with Crippen molar-refractivity contribution in [2.75, 3.05) is 0 Å². The first-order valence-corrected chi connectivity index (χ1v) is 11.4. The van der Waals surface area contributed by atoms with E-state index in [1.54, 1.807) is 0 Å². The van der Waals surface area contributed by atoms with Crippen LogP contribution in [0.2, 0.25) is 0 Å². The maximum Gasteiger partial charge on any atom is 0.0405 e. The molecule has 0 heteroatoms. The van der Waals surface area contributed by atoms with E-state index in [2.05, 4.69) is 101 Å². The monoisotopic (exact) mass is 438 g/mol. The second-order valence-corrected chi connectivity index (χ2v) is 10.4. The molecule has 166 valence electrons. The van der Waals surface area contributed by atoms with Gasteiger partial charge in [0, 0.05) is 33.4 Å². The Bertz CT molecular complexity index is 1310. The molecule has 0 aliphatic rings. The minimum absolute atomic E-state index is 0.0298. The number of benzene rings is 3. The number of hydrogen-bond acceptors (Lipinski definition) is 0. The van der Waals surface area contributed by atoms with Gasteiger partial charge in [-0.15, -0.1) is 12.8 Å². The minimum Gasteiger partial charge on any atom is -0.115 e. The van der Waals surface area contributed by atoms with Gasteiger partial charge in [0.05, 0.1) is 0 Å². The predicted octanol–water partition coefficient (Wildman–Crippen LogP) is 7.04. The third kappa shape index (κ3) is 5.82. The normalized spacial score (nSPS) is 10.7. The molecule has 0 unspecified atom stereocenters. The van der Waals surface area contributed by atoms with E-state index in [1.807, 2.05) is 36.4 Å². The summed E-state index contributed by atoms with van der Waals surface area (Å²) in [4.78, 5) is 0. The van der Waals surface area contributed by atoms with Crippen LogP contribution < -0.4 is 0 Å². The number of terminal acetylenes is 2. The SMILES string of the molecule is C#Cc1cc(C(C)(C)C)ccc1C#Cc1ccccc1C#Cc1ccc(C(C)(C)C)cc1C#C. The van der Waals surface area contributed by atoms with Crippen LogP contribution in [0.4, 0.5) is 0 Å². The second-order valence-electron chi connectivity index (χ2n) is 10.4. The van der Waals surface area contributed by atoms with E-state index in [-0.39, 0.29) is 10.8 Å². The summed E-state index contributed by atoms with van der Waals surface area (Å²) in [6.07, 6.45) is 11.6. The summed E-state index contributed by atoms with van der Waals surface area (Å²) in [6.45, 7) is 13.0. The van der Waals surface area contributed by atoms with Crippen LogP contribution >= 0.6 is 0 Å². The molecule has 0 heterocycles. The van der Waals surface area contributed by atoms with Gasteiger partial charge in [0.15, 0.2) is 0 Å². The Morgan fingerprint density at radius 2 is 0.794 bits per heavy atom. The van der Waals surface area contributed by atoms with Crippen molar-refractivity contribution in [1.82, 2.24) is 0 Å². The Morgan fingerprint density at radius 1 is 0.471 bits per heavy atom. The molecule has 0 atom stereocenters. The van der Waals surface area contributed by atoms with E-state index in [4.69, 9.17) is 12.8 Å². The lowest BCUT2D eigenvalue weighted by atomic mass is 9.85. The summed E-state index contributed by atoms with van der Waals surface area (Å²) in [6, 6.07) is 20.2. The molecule has 3 rings (SSSR count). The Labute approximate surface area is 205 Å². The molecule has 3 aromatic rings. The third-order valence-electron chi connectivity index (χ3n) is 5.67. The Balaban J connectivity index is 1.99. The van der Waals surface area contributed by atoms with Gasteiger partial charge in [0.25, 0.3) is 0 Å². The van der Waals surface area contributed by atoms with Crippen molar-refractivity contribution in [2.45, 2.75) is 52.4 Å². The maximum atomic E-state index is 5.78. The van der Waals surface area contributed by atoms with Gasteiger partial charge >= 0.3 is 0 Å². The van der Waals surface area contributed by atoms with E-state index in [9.17, 15) is 0 Å². The summed E-state index contributed by atoms with van der Waals surface area (Å²) in [5, 5.41) is 0. The molecule has 0 aliphatic carbocycles. The van der Waals surface area contributed by atoms with Crippen molar-refractivity contribution in [3.8, 4) is 48.4 Å². The molecule has 34 heavy (non-hydrogen) atoms. The van der Waals surface area contributed by atoms with Crippen LogP contribution in [0.1, 0.15) is 86.1 Å². The van der Waals surface area contributed by atoms with E-state index in [0.29, 0.717) is 0 Å². The molecule has 0 amide bonds. The van der Waals surface area contributed by atoms with Crippen LogP contribution in [0.25, 0.3) is 0 Å². The highest BCUT2D eigenvalue weighted by atomic mass is 14.2. The molecule has 0 N–H and O–H groups in total. The molecule has 0 nitrogen and oxygen atoms in total. The predicted molar refractivity (Wildman–Crippen MR) is 145 cm³/mol. The van der Waals surface area contributed by atoms with Crippen molar-refractivity contribution in [3.63, 3.8) is 0 Å². The van der Waals surface area contributed by atoms with Gasteiger partial charge in [-0.3, -0.25) is 0 Å². The molecule has 0 radical (unpaired) electrons. The fraction of sp³-hybridized carbons (Fsp3) is 0.235. The zero-order chi connectivity index (χ0) is 24.9. The minimum atomic E-state index is 0.0298. The lowest BCUT2D eigenvalue weighted by molar-refractivity contribution is 0.590. The highest BCUT2D eigenvalue weighted by molar-refractivity contribution is 5.59. The zero-order valence-electron chi connectivity index (χ0n) is 20.9. The van der Waals surface area contributed by atoms with Gasteiger partial charge in [-0.2, -0.15) is 0 Å². The van der Waals surface area contributed by atoms with Crippen molar-refractivity contribution < 1.29 is 0 Å². The molecule has 0 fully saturated rings. The first-order chi connectivity index (χ1) is 16.0. The average molecular weight is 439 g/mol. The Hall–Kier alpha value is -4.10. The fourth-order valence-electron chi connectivity index (χ4n) is 3.45. The maximum absolute atomic E-state index is 5.78. The van der Waals surface area contributed by atoms with Crippen LogP contribution in [0, 0.1) is 48.4 Å². The van der Waals surface area contributed by atoms with E-state index < -0.39 is 0 Å². The topological polar surface area (TPSA) is 0 Å². The van der Waals surface area contributed by atoms with Gasteiger partial charge in [-0.1, -0.05) is 101 Å². The van der Waals surface area contributed by atoms with Gasteiger partial charge in [0.2, 0.25) is 0 Å². The Morgan fingerprint density at radius 3 is 1.09 bits per heavy atom. The largest absolute Gasteiger partial charge is 0.115 e. The van der Waals surface area contributed by atoms with Gasteiger partial charge in [-0.05, 0) is 58.4 Å². The fourth-order valence-corrected chi connectivity index (χ4v) is 3.45.